The zero-order chi connectivity index (χ0) is 13.4. The normalized spacial score (nSPS) is 26.2. The van der Waals surface area contributed by atoms with Crippen LogP contribution in [0.25, 0.3) is 0 Å². The van der Waals surface area contributed by atoms with E-state index in [1.54, 1.807) is 0 Å². The predicted molar refractivity (Wildman–Crippen MR) is 81.5 cm³/mol. The molecular weight excluding hydrogens is 218 g/mol. The van der Waals surface area contributed by atoms with Gasteiger partial charge in [-0.05, 0) is 62.7 Å². The third-order valence-electron chi connectivity index (χ3n) is 4.81. The van der Waals surface area contributed by atoms with Crippen molar-refractivity contribution in [1.82, 2.24) is 0 Å². The molecule has 0 bridgehead atoms. The third kappa shape index (κ3) is 5.56. The van der Waals surface area contributed by atoms with Crippen molar-refractivity contribution in [2.75, 3.05) is 0 Å². The summed E-state index contributed by atoms with van der Waals surface area (Å²) in [4.78, 5) is 0. The van der Waals surface area contributed by atoms with Crippen LogP contribution in [-0.4, -0.2) is 6.04 Å². The molecular formula is C17H33N. The topological polar surface area (TPSA) is 26.0 Å². The standard InChI is InChI=1S/C17H33N/c1-4-5-6-7-8-9-17(18)16-12-10-15(11-13-16)14(2)3/h4,14-17H,1,5-13,18H2,2-3H3. The predicted octanol–water partition coefficient (Wildman–Crippen LogP) is 4.91. The van der Waals surface area contributed by atoms with Gasteiger partial charge in [-0.3, -0.25) is 0 Å². The lowest BCUT2D eigenvalue weighted by Gasteiger charge is -2.34. The Morgan fingerprint density at radius 1 is 1.06 bits per heavy atom. The lowest BCUT2D eigenvalue weighted by atomic mass is 9.74. The van der Waals surface area contributed by atoms with E-state index in [1.807, 2.05) is 6.08 Å². The molecule has 18 heavy (non-hydrogen) atoms. The number of hydrogen-bond acceptors (Lipinski definition) is 1. The second-order valence-electron chi connectivity index (χ2n) is 6.51. The van der Waals surface area contributed by atoms with Crippen molar-refractivity contribution in [2.45, 2.75) is 77.7 Å². The SMILES string of the molecule is C=CCCCCCC(N)C1CCC(C(C)C)CC1. The van der Waals surface area contributed by atoms with Crippen LogP contribution in [0.5, 0.6) is 0 Å². The molecule has 106 valence electrons. The van der Waals surface area contributed by atoms with E-state index < -0.39 is 0 Å². The molecule has 2 N–H and O–H groups in total. The Morgan fingerprint density at radius 3 is 2.22 bits per heavy atom. The fraction of sp³-hybridized carbons (Fsp3) is 0.882. The highest BCUT2D eigenvalue weighted by atomic mass is 14.6. The fourth-order valence-electron chi connectivity index (χ4n) is 3.32. The molecule has 0 spiro atoms. The maximum absolute atomic E-state index is 6.36. The summed E-state index contributed by atoms with van der Waals surface area (Å²) in [5.74, 6) is 2.63. The van der Waals surface area contributed by atoms with Crippen molar-refractivity contribution in [3.63, 3.8) is 0 Å². The van der Waals surface area contributed by atoms with Crippen molar-refractivity contribution in [1.29, 1.82) is 0 Å². The summed E-state index contributed by atoms with van der Waals surface area (Å²) in [5.41, 5.74) is 6.36. The second kappa shape index (κ2) is 8.74. The van der Waals surface area contributed by atoms with Gasteiger partial charge in [-0.25, -0.2) is 0 Å². The van der Waals surface area contributed by atoms with E-state index in [9.17, 15) is 0 Å². The Morgan fingerprint density at radius 2 is 1.67 bits per heavy atom. The fourth-order valence-corrected chi connectivity index (χ4v) is 3.32. The Hall–Kier alpha value is -0.300. The first-order valence-corrected chi connectivity index (χ1v) is 8.01. The van der Waals surface area contributed by atoms with Gasteiger partial charge in [0.05, 0.1) is 0 Å². The van der Waals surface area contributed by atoms with Gasteiger partial charge in [-0.2, -0.15) is 0 Å². The quantitative estimate of drug-likeness (QED) is 0.481. The summed E-state index contributed by atoms with van der Waals surface area (Å²) < 4.78 is 0. The molecule has 1 saturated carbocycles. The Balaban J connectivity index is 2.11. The summed E-state index contributed by atoms with van der Waals surface area (Å²) in [6.45, 7) is 8.49. The van der Waals surface area contributed by atoms with Gasteiger partial charge in [0.1, 0.15) is 0 Å². The molecule has 0 radical (unpaired) electrons. The van der Waals surface area contributed by atoms with E-state index in [4.69, 9.17) is 5.73 Å². The van der Waals surface area contributed by atoms with Crippen LogP contribution in [0.3, 0.4) is 0 Å². The largest absolute Gasteiger partial charge is 0.327 e. The highest BCUT2D eigenvalue weighted by Gasteiger charge is 2.26. The zero-order valence-electron chi connectivity index (χ0n) is 12.5. The molecule has 1 nitrogen and oxygen atoms in total. The maximum Gasteiger partial charge on any atom is 0.00671 e. The van der Waals surface area contributed by atoms with Gasteiger partial charge >= 0.3 is 0 Å². The van der Waals surface area contributed by atoms with Crippen molar-refractivity contribution in [3.05, 3.63) is 12.7 Å². The molecule has 1 unspecified atom stereocenters. The number of nitrogens with two attached hydrogens (primary N) is 1. The molecule has 1 rings (SSSR count). The molecule has 0 aromatic heterocycles. The summed E-state index contributed by atoms with van der Waals surface area (Å²) in [6.07, 6.45) is 13.9. The van der Waals surface area contributed by atoms with Gasteiger partial charge in [-0.15, -0.1) is 6.58 Å². The number of rotatable bonds is 8. The van der Waals surface area contributed by atoms with Crippen LogP contribution < -0.4 is 5.73 Å². The molecule has 1 aliphatic rings. The average molecular weight is 251 g/mol. The molecule has 0 aromatic carbocycles. The van der Waals surface area contributed by atoms with Crippen molar-refractivity contribution in [2.24, 2.45) is 23.5 Å². The first kappa shape index (κ1) is 15.8. The van der Waals surface area contributed by atoms with Crippen molar-refractivity contribution < 1.29 is 0 Å². The number of hydrogen-bond donors (Lipinski definition) is 1. The lowest BCUT2D eigenvalue weighted by Crippen LogP contribution is -2.33. The van der Waals surface area contributed by atoms with Gasteiger partial charge in [0.2, 0.25) is 0 Å². The minimum absolute atomic E-state index is 0.460. The smallest absolute Gasteiger partial charge is 0.00671 e. The van der Waals surface area contributed by atoms with Crippen LogP contribution in [0, 0.1) is 17.8 Å². The molecule has 1 aliphatic carbocycles. The monoisotopic (exact) mass is 251 g/mol. The van der Waals surface area contributed by atoms with E-state index in [0.29, 0.717) is 6.04 Å². The summed E-state index contributed by atoms with van der Waals surface area (Å²) in [7, 11) is 0. The van der Waals surface area contributed by atoms with E-state index in [-0.39, 0.29) is 0 Å². The molecule has 1 atom stereocenters. The van der Waals surface area contributed by atoms with Crippen LogP contribution in [0.15, 0.2) is 12.7 Å². The van der Waals surface area contributed by atoms with Crippen molar-refractivity contribution in [3.8, 4) is 0 Å². The second-order valence-corrected chi connectivity index (χ2v) is 6.51. The maximum atomic E-state index is 6.36. The molecule has 0 heterocycles. The van der Waals surface area contributed by atoms with Gasteiger partial charge in [0.25, 0.3) is 0 Å². The molecule has 0 saturated heterocycles. The van der Waals surface area contributed by atoms with Gasteiger partial charge in [-0.1, -0.05) is 32.8 Å². The van der Waals surface area contributed by atoms with E-state index in [1.165, 1.54) is 51.4 Å². The summed E-state index contributed by atoms with van der Waals surface area (Å²) >= 11 is 0. The van der Waals surface area contributed by atoms with Crippen LogP contribution in [-0.2, 0) is 0 Å². The van der Waals surface area contributed by atoms with Crippen LogP contribution in [0.2, 0.25) is 0 Å². The summed E-state index contributed by atoms with van der Waals surface area (Å²) in [5, 5.41) is 0. The van der Waals surface area contributed by atoms with Gasteiger partial charge < -0.3 is 5.73 Å². The molecule has 1 heteroatoms. The molecule has 0 aliphatic heterocycles. The molecule has 0 aromatic rings. The first-order valence-electron chi connectivity index (χ1n) is 8.01. The Bertz CT molecular complexity index is 214. The molecule has 0 amide bonds. The lowest BCUT2D eigenvalue weighted by molar-refractivity contribution is 0.198. The van der Waals surface area contributed by atoms with E-state index in [0.717, 1.165) is 24.2 Å². The first-order chi connectivity index (χ1) is 8.65. The minimum Gasteiger partial charge on any atom is -0.327 e. The van der Waals surface area contributed by atoms with Crippen LogP contribution in [0.4, 0.5) is 0 Å². The zero-order valence-corrected chi connectivity index (χ0v) is 12.5. The highest BCUT2D eigenvalue weighted by molar-refractivity contribution is 4.81. The number of unbranched alkanes of at least 4 members (excludes halogenated alkanes) is 3. The van der Waals surface area contributed by atoms with Crippen molar-refractivity contribution >= 4 is 0 Å². The van der Waals surface area contributed by atoms with Gasteiger partial charge in [0, 0.05) is 6.04 Å². The number of allylic oxidation sites excluding steroid dienone is 1. The van der Waals surface area contributed by atoms with Gasteiger partial charge in [0.15, 0.2) is 0 Å². The summed E-state index contributed by atoms with van der Waals surface area (Å²) in [6, 6.07) is 0.460. The Kier molecular flexibility index (Phi) is 7.65. The van der Waals surface area contributed by atoms with E-state index in [2.05, 4.69) is 20.4 Å². The molecule has 1 fully saturated rings. The van der Waals surface area contributed by atoms with Crippen LogP contribution >= 0.6 is 0 Å². The minimum atomic E-state index is 0.460. The van der Waals surface area contributed by atoms with E-state index >= 15 is 0 Å². The third-order valence-corrected chi connectivity index (χ3v) is 4.81. The average Bonchev–Trinajstić information content (AvgIpc) is 2.38. The highest BCUT2D eigenvalue weighted by Crippen LogP contribution is 2.35. The van der Waals surface area contributed by atoms with Crippen LogP contribution in [0.1, 0.15) is 71.6 Å². The Labute approximate surface area is 114 Å².